The molecule has 1 N–H and O–H groups in total. The van der Waals surface area contributed by atoms with Crippen LogP contribution >= 0.6 is 15.9 Å². The molecule has 5 nitrogen and oxygen atoms in total. The van der Waals surface area contributed by atoms with E-state index in [1.165, 1.54) is 12.1 Å². The highest BCUT2D eigenvalue weighted by Gasteiger charge is 2.22. The van der Waals surface area contributed by atoms with E-state index in [4.69, 9.17) is 4.74 Å². The molecule has 0 unspecified atom stereocenters. The van der Waals surface area contributed by atoms with Crippen LogP contribution in [0.15, 0.2) is 59.2 Å². The van der Waals surface area contributed by atoms with E-state index in [1.54, 1.807) is 24.4 Å². The van der Waals surface area contributed by atoms with Gasteiger partial charge in [-0.2, -0.15) is 5.10 Å². The minimum Gasteiger partial charge on any atom is -0.488 e. The van der Waals surface area contributed by atoms with Crippen LogP contribution in [-0.2, 0) is 6.61 Å². The minimum absolute atomic E-state index is 0.0757. The minimum atomic E-state index is -1.10. The van der Waals surface area contributed by atoms with Crippen LogP contribution in [0.3, 0.4) is 0 Å². The molecule has 0 atom stereocenters. The Bertz CT molecular complexity index is 1130. The molecular weight excluding hydrogens is 451 g/mol. The first kappa shape index (κ1) is 20.2. The molecule has 3 aromatic rings. The van der Waals surface area contributed by atoms with Crippen LogP contribution in [0.4, 0.5) is 4.39 Å². The number of benzene rings is 2. The quantitative estimate of drug-likeness (QED) is 0.498. The third kappa shape index (κ3) is 4.41. The van der Waals surface area contributed by atoms with Gasteiger partial charge in [-0.3, -0.25) is 0 Å². The molecule has 152 valence electrons. The predicted octanol–water partition coefficient (Wildman–Crippen LogP) is 5.75. The topological polar surface area (TPSA) is 72.3 Å². The van der Waals surface area contributed by atoms with E-state index in [0.717, 1.165) is 57.3 Å². The summed E-state index contributed by atoms with van der Waals surface area (Å²) in [5.74, 6) is -0.664. The lowest BCUT2D eigenvalue weighted by Gasteiger charge is -2.15. The van der Waals surface area contributed by atoms with Crippen molar-refractivity contribution in [3.63, 3.8) is 0 Å². The van der Waals surface area contributed by atoms with Gasteiger partial charge in [0.1, 0.15) is 18.2 Å². The number of carboxylic acid groups (broad SMARTS) is 1. The van der Waals surface area contributed by atoms with Gasteiger partial charge in [0, 0.05) is 15.6 Å². The Labute approximate surface area is 181 Å². The molecule has 2 aromatic carbocycles. The molecule has 0 spiro atoms. The first-order valence-electron chi connectivity index (χ1n) is 9.47. The van der Waals surface area contributed by atoms with Gasteiger partial charge >= 0.3 is 5.97 Å². The Morgan fingerprint density at radius 2 is 1.87 bits per heavy atom. The number of carboxylic acids is 1. The van der Waals surface area contributed by atoms with E-state index >= 15 is 0 Å². The molecule has 0 fully saturated rings. The van der Waals surface area contributed by atoms with Crippen LogP contribution in [0.2, 0.25) is 0 Å². The fraction of sp³-hybridized carbons (Fsp3) is 0.174. The zero-order valence-electron chi connectivity index (χ0n) is 15.9. The lowest BCUT2D eigenvalue weighted by Crippen LogP contribution is -2.03. The van der Waals surface area contributed by atoms with Gasteiger partial charge in [-0.25, -0.2) is 9.18 Å². The van der Waals surface area contributed by atoms with Crippen LogP contribution in [0.1, 0.15) is 46.4 Å². The predicted molar refractivity (Wildman–Crippen MR) is 115 cm³/mol. The second kappa shape index (κ2) is 8.75. The number of nitrogens with zero attached hydrogens (tertiary/aromatic N) is 2. The van der Waals surface area contributed by atoms with Gasteiger partial charge in [0.25, 0.3) is 0 Å². The summed E-state index contributed by atoms with van der Waals surface area (Å²) in [6.45, 7) is 0.317. The molecular formula is C23H18BrFN2O3. The normalized spacial score (nSPS) is 13.5. The van der Waals surface area contributed by atoms with Gasteiger partial charge in [-0.1, -0.05) is 28.1 Å². The Morgan fingerprint density at radius 3 is 2.63 bits per heavy atom. The molecule has 1 aliphatic rings. The van der Waals surface area contributed by atoms with Crippen LogP contribution in [0, 0.1) is 5.82 Å². The SMILES string of the molecule is O=C(O)c1cc(C2=C(c3cc(Br)ccc3OCc3ccc(F)cc3)CCC2)cnn1. The van der Waals surface area contributed by atoms with Crippen LogP contribution in [-0.4, -0.2) is 21.3 Å². The summed E-state index contributed by atoms with van der Waals surface area (Å²) in [7, 11) is 0. The van der Waals surface area contributed by atoms with Gasteiger partial charge in [0.05, 0.1) is 6.20 Å². The van der Waals surface area contributed by atoms with Gasteiger partial charge in [0.2, 0.25) is 0 Å². The monoisotopic (exact) mass is 468 g/mol. The largest absolute Gasteiger partial charge is 0.488 e. The summed E-state index contributed by atoms with van der Waals surface area (Å²) in [6, 6.07) is 13.6. The van der Waals surface area contributed by atoms with Crippen molar-refractivity contribution < 1.29 is 19.0 Å². The van der Waals surface area contributed by atoms with E-state index in [9.17, 15) is 14.3 Å². The average Bonchev–Trinajstić information content (AvgIpc) is 3.24. The van der Waals surface area contributed by atoms with E-state index in [-0.39, 0.29) is 11.5 Å². The highest BCUT2D eigenvalue weighted by Crippen LogP contribution is 2.43. The highest BCUT2D eigenvalue weighted by atomic mass is 79.9. The number of ether oxygens (including phenoxy) is 1. The van der Waals surface area contributed by atoms with Crippen molar-refractivity contribution in [2.24, 2.45) is 0 Å². The first-order chi connectivity index (χ1) is 14.5. The lowest BCUT2D eigenvalue weighted by molar-refractivity contribution is 0.0689. The molecule has 7 heteroatoms. The van der Waals surface area contributed by atoms with Crippen molar-refractivity contribution in [1.82, 2.24) is 10.2 Å². The Balaban J connectivity index is 1.70. The van der Waals surface area contributed by atoms with E-state index < -0.39 is 5.97 Å². The number of hydrogen-bond acceptors (Lipinski definition) is 4. The molecule has 1 heterocycles. The van der Waals surface area contributed by atoms with Crippen LogP contribution in [0.5, 0.6) is 5.75 Å². The number of aromatic nitrogens is 2. The van der Waals surface area contributed by atoms with E-state index in [2.05, 4.69) is 26.1 Å². The second-order valence-corrected chi connectivity index (χ2v) is 7.92. The molecule has 1 aliphatic carbocycles. The summed E-state index contributed by atoms with van der Waals surface area (Å²) in [5, 5.41) is 16.8. The van der Waals surface area contributed by atoms with Crippen molar-refractivity contribution >= 4 is 33.0 Å². The van der Waals surface area contributed by atoms with E-state index in [1.807, 2.05) is 18.2 Å². The van der Waals surface area contributed by atoms with Gasteiger partial charge in [-0.15, -0.1) is 5.10 Å². The molecule has 0 saturated carbocycles. The lowest BCUT2D eigenvalue weighted by atomic mass is 9.97. The van der Waals surface area contributed by atoms with E-state index in [0.29, 0.717) is 6.61 Å². The smallest absolute Gasteiger partial charge is 0.356 e. The number of hydrogen-bond donors (Lipinski definition) is 1. The van der Waals surface area contributed by atoms with Gasteiger partial charge in [0.15, 0.2) is 5.69 Å². The fourth-order valence-corrected chi connectivity index (χ4v) is 3.96. The standard InChI is InChI=1S/C23H18BrFN2O3/c24-16-6-9-22(30-13-14-4-7-17(25)8-5-14)20(11-16)19-3-1-2-18(19)15-10-21(23(28)29)27-26-12-15/h4-12H,1-3,13H2,(H,28,29). The molecule has 30 heavy (non-hydrogen) atoms. The summed E-state index contributed by atoms with van der Waals surface area (Å²) in [4.78, 5) is 11.3. The summed E-state index contributed by atoms with van der Waals surface area (Å²) < 4.78 is 20.1. The number of aromatic carboxylic acids is 1. The number of allylic oxidation sites excluding steroid dienone is 2. The number of halogens is 2. The maximum atomic E-state index is 13.1. The third-order valence-electron chi connectivity index (χ3n) is 5.01. The Morgan fingerprint density at radius 1 is 1.10 bits per heavy atom. The first-order valence-corrected chi connectivity index (χ1v) is 10.3. The second-order valence-electron chi connectivity index (χ2n) is 7.00. The van der Waals surface area contributed by atoms with Gasteiger partial charge < -0.3 is 9.84 Å². The molecule has 1 aromatic heterocycles. The molecule has 0 amide bonds. The third-order valence-corrected chi connectivity index (χ3v) is 5.51. The highest BCUT2D eigenvalue weighted by molar-refractivity contribution is 9.10. The van der Waals surface area contributed by atoms with Crippen molar-refractivity contribution in [2.75, 3.05) is 0 Å². The number of carbonyl (C=O) groups is 1. The summed E-state index contributed by atoms with van der Waals surface area (Å²) in [5.41, 5.74) is 4.67. The van der Waals surface area contributed by atoms with Crippen molar-refractivity contribution in [2.45, 2.75) is 25.9 Å². The summed E-state index contributed by atoms with van der Waals surface area (Å²) in [6.07, 6.45) is 4.23. The van der Waals surface area contributed by atoms with Crippen LogP contribution < -0.4 is 4.74 Å². The fourth-order valence-electron chi connectivity index (χ4n) is 3.60. The maximum Gasteiger partial charge on any atom is 0.356 e. The Hall–Kier alpha value is -3.06. The average molecular weight is 469 g/mol. The Kier molecular flexibility index (Phi) is 5.90. The van der Waals surface area contributed by atoms with Crippen molar-refractivity contribution in [3.05, 3.63) is 87.4 Å². The molecule has 4 rings (SSSR count). The molecule has 0 radical (unpaired) electrons. The zero-order valence-corrected chi connectivity index (χ0v) is 17.5. The molecule has 0 bridgehead atoms. The van der Waals surface area contributed by atoms with Crippen molar-refractivity contribution in [1.29, 1.82) is 0 Å². The van der Waals surface area contributed by atoms with Gasteiger partial charge in [-0.05, 0) is 72.4 Å². The summed E-state index contributed by atoms with van der Waals surface area (Å²) >= 11 is 3.53. The molecule has 0 aliphatic heterocycles. The molecule has 0 saturated heterocycles. The van der Waals surface area contributed by atoms with Crippen molar-refractivity contribution in [3.8, 4) is 5.75 Å². The number of rotatable bonds is 6. The van der Waals surface area contributed by atoms with Crippen LogP contribution in [0.25, 0.3) is 11.1 Å². The zero-order chi connectivity index (χ0) is 21.1. The maximum absolute atomic E-state index is 13.1.